The van der Waals surface area contributed by atoms with Crippen molar-refractivity contribution >= 4 is 34.8 Å². The SMILES string of the molecule is CN1CCSc2sc(C(=O)O)cc21. The highest BCUT2D eigenvalue weighted by Crippen LogP contribution is 2.40. The second kappa shape index (κ2) is 3.23. The number of thioether (sulfide) groups is 1. The van der Waals surface area contributed by atoms with Crippen LogP contribution in [0.4, 0.5) is 5.69 Å². The molecule has 0 spiro atoms. The summed E-state index contributed by atoms with van der Waals surface area (Å²) in [5.74, 6) is 0.219. The molecule has 0 bridgehead atoms. The molecule has 0 saturated heterocycles. The summed E-state index contributed by atoms with van der Waals surface area (Å²) in [5, 5.41) is 8.80. The van der Waals surface area contributed by atoms with Crippen molar-refractivity contribution in [1.82, 2.24) is 0 Å². The first-order valence-corrected chi connectivity index (χ1v) is 5.70. The summed E-state index contributed by atoms with van der Waals surface area (Å²) >= 11 is 3.11. The third kappa shape index (κ3) is 1.53. The Labute approximate surface area is 84.4 Å². The van der Waals surface area contributed by atoms with Crippen LogP contribution in [0.3, 0.4) is 0 Å². The first kappa shape index (κ1) is 8.90. The summed E-state index contributed by atoms with van der Waals surface area (Å²) in [7, 11) is 2.00. The molecule has 1 aromatic rings. The number of hydrogen-bond acceptors (Lipinski definition) is 4. The van der Waals surface area contributed by atoms with Gasteiger partial charge in [0.2, 0.25) is 0 Å². The third-order valence-electron chi connectivity index (χ3n) is 1.96. The third-order valence-corrected chi connectivity index (χ3v) is 4.33. The minimum absolute atomic E-state index is 0.436. The molecule has 0 atom stereocenters. The topological polar surface area (TPSA) is 40.5 Å². The van der Waals surface area contributed by atoms with Gasteiger partial charge in [0.1, 0.15) is 4.88 Å². The van der Waals surface area contributed by atoms with E-state index in [1.54, 1.807) is 17.8 Å². The van der Waals surface area contributed by atoms with Crippen molar-refractivity contribution in [3.05, 3.63) is 10.9 Å². The lowest BCUT2D eigenvalue weighted by molar-refractivity contribution is 0.0702. The predicted molar refractivity (Wildman–Crippen MR) is 55.3 cm³/mol. The molecule has 0 fully saturated rings. The largest absolute Gasteiger partial charge is 0.477 e. The van der Waals surface area contributed by atoms with Gasteiger partial charge in [-0.25, -0.2) is 4.79 Å². The van der Waals surface area contributed by atoms with Gasteiger partial charge in [0.05, 0.1) is 9.90 Å². The van der Waals surface area contributed by atoms with Gasteiger partial charge in [-0.05, 0) is 6.07 Å². The molecule has 5 heteroatoms. The summed E-state index contributed by atoms with van der Waals surface area (Å²) in [4.78, 5) is 13.3. The number of nitrogens with zero attached hydrogens (tertiary/aromatic N) is 1. The molecule has 0 amide bonds. The maximum atomic E-state index is 10.7. The van der Waals surface area contributed by atoms with Crippen molar-refractivity contribution in [3.63, 3.8) is 0 Å². The molecule has 0 saturated carbocycles. The van der Waals surface area contributed by atoms with E-state index < -0.39 is 5.97 Å². The zero-order valence-corrected chi connectivity index (χ0v) is 8.74. The van der Waals surface area contributed by atoms with Crippen LogP contribution in [0.1, 0.15) is 9.67 Å². The molecule has 0 radical (unpaired) electrons. The molecule has 2 heterocycles. The molecule has 0 aromatic carbocycles. The smallest absolute Gasteiger partial charge is 0.345 e. The van der Waals surface area contributed by atoms with Crippen molar-refractivity contribution in [1.29, 1.82) is 0 Å². The van der Waals surface area contributed by atoms with E-state index in [2.05, 4.69) is 4.90 Å². The Balaban J connectivity index is 2.42. The second-order valence-electron chi connectivity index (χ2n) is 2.86. The van der Waals surface area contributed by atoms with Gasteiger partial charge in [0.25, 0.3) is 0 Å². The summed E-state index contributed by atoms with van der Waals surface area (Å²) in [6.45, 7) is 0.994. The number of anilines is 1. The molecule has 1 aliphatic heterocycles. The van der Waals surface area contributed by atoms with Crippen LogP contribution in [0.2, 0.25) is 0 Å². The molecular formula is C8H9NO2S2. The monoisotopic (exact) mass is 215 g/mol. The van der Waals surface area contributed by atoms with Crippen LogP contribution < -0.4 is 4.90 Å². The number of aromatic carboxylic acids is 1. The Kier molecular flexibility index (Phi) is 2.21. The fourth-order valence-electron chi connectivity index (χ4n) is 1.24. The van der Waals surface area contributed by atoms with E-state index >= 15 is 0 Å². The number of fused-ring (bicyclic) bond motifs is 1. The van der Waals surface area contributed by atoms with E-state index in [0.717, 1.165) is 22.2 Å². The molecule has 13 heavy (non-hydrogen) atoms. The van der Waals surface area contributed by atoms with Crippen molar-refractivity contribution in [2.45, 2.75) is 4.21 Å². The molecule has 0 unspecified atom stereocenters. The standard InChI is InChI=1S/C8H9NO2S2/c1-9-2-3-12-8-5(9)4-6(13-8)7(10)11/h4H,2-3H2,1H3,(H,10,11). The van der Waals surface area contributed by atoms with Gasteiger partial charge in [0.15, 0.2) is 0 Å². The van der Waals surface area contributed by atoms with Gasteiger partial charge >= 0.3 is 5.97 Å². The Morgan fingerprint density at radius 3 is 3.08 bits per heavy atom. The summed E-state index contributed by atoms with van der Waals surface area (Å²) in [6.07, 6.45) is 0. The Morgan fingerprint density at radius 1 is 1.69 bits per heavy atom. The molecule has 1 aromatic heterocycles. The Hall–Kier alpha value is -0.680. The van der Waals surface area contributed by atoms with Crippen LogP contribution in [-0.4, -0.2) is 30.4 Å². The maximum Gasteiger partial charge on any atom is 0.345 e. The molecule has 1 N–H and O–H groups in total. The normalized spacial score (nSPS) is 15.6. The lowest BCUT2D eigenvalue weighted by atomic mass is 10.4. The van der Waals surface area contributed by atoms with Crippen LogP contribution in [-0.2, 0) is 0 Å². The minimum atomic E-state index is -0.826. The number of carbonyl (C=O) groups is 1. The fraction of sp³-hybridized carbons (Fsp3) is 0.375. The van der Waals surface area contributed by atoms with E-state index in [1.165, 1.54) is 11.3 Å². The van der Waals surface area contributed by atoms with Crippen LogP contribution in [0.25, 0.3) is 0 Å². The minimum Gasteiger partial charge on any atom is -0.477 e. The van der Waals surface area contributed by atoms with Gasteiger partial charge in [0, 0.05) is 19.3 Å². The van der Waals surface area contributed by atoms with Gasteiger partial charge in [-0.1, -0.05) is 0 Å². The van der Waals surface area contributed by atoms with Gasteiger partial charge in [-0.15, -0.1) is 23.1 Å². The first-order chi connectivity index (χ1) is 6.18. The van der Waals surface area contributed by atoms with Crippen molar-refractivity contribution in [2.24, 2.45) is 0 Å². The van der Waals surface area contributed by atoms with E-state index in [4.69, 9.17) is 5.11 Å². The molecule has 70 valence electrons. The number of carboxylic acids is 1. The van der Waals surface area contributed by atoms with Crippen molar-refractivity contribution in [3.8, 4) is 0 Å². The van der Waals surface area contributed by atoms with Gasteiger partial charge in [-0.2, -0.15) is 0 Å². The highest BCUT2D eigenvalue weighted by molar-refractivity contribution is 8.01. The molecule has 1 aliphatic rings. The molecular weight excluding hydrogens is 206 g/mol. The van der Waals surface area contributed by atoms with E-state index in [-0.39, 0.29) is 0 Å². The quantitative estimate of drug-likeness (QED) is 0.777. The van der Waals surface area contributed by atoms with Gasteiger partial charge < -0.3 is 10.0 Å². The highest BCUT2D eigenvalue weighted by Gasteiger charge is 2.20. The second-order valence-corrected chi connectivity index (χ2v) is 5.27. The zero-order valence-electron chi connectivity index (χ0n) is 7.11. The van der Waals surface area contributed by atoms with Crippen LogP contribution in [0.5, 0.6) is 0 Å². The zero-order chi connectivity index (χ0) is 9.42. The average molecular weight is 215 g/mol. The number of thiophene rings is 1. The van der Waals surface area contributed by atoms with Crippen LogP contribution in [0.15, 0.2) is 10.3 Å². The number of hydrogen-bond donors (Lipinski definition) is 1. The highest BCUT2D eigenvalue weighted by atomic mass is 32.2. The molecule has 2 rings (SSSR count). The predicted octanol–water partition coefficient (Wildman–Crippen LogP) is 1.99. The van der Waals surface area contributed by atoms with Gasteiger partial charge in [-0.3, -0.25) is 0 Å². The Bertz CT molecular complexity index is 348. The molecule has 3 nitrogen and oxygen atoms in total. The van der Waals surface area contributed by atoms with Crippen molar-refractivity contribution < 1.29 is 9.90 Å². The van der Waals surface area contributed by atoms with Crippen LogP contribution >= 0.6 is 23.1 Å². The summed E-state index contributed by atoms with van der Waals surface area (Å²) in [5.41, 5.74) is 1.07. The van der Waals surface area contributed by atoms with Crippen LogP contribution in [0, 0.1) is 0 Å². The first-order valence-electron chi connectivity index (χ1n) is 3.89. The lowest BCUT2D eigenvalue weighted by Gasteiger charge is -2.23. The van der Waals surface area contributed by atoms with E-state index in [1.807, 2.05) is 7.05 Å². The van der Waals surface area contributed by atoms with Crippen molar-refractivity contribution in [2.75, 3.05) is 24.2 Å². The molecule has 0 aliphatic carbocycles. The lowest BCUT2D eigenvalue weighted by Crippen LogP contribution is -2.22. The number of carboxylic acid groups (broad SMARTS) is 1. The maximum absolute atomic E-state index is 10.7. The average Bonchev–Trinajstić information content (AvgIpc) is 2.49. The van der Waals surface area contributed by atoms with E-state index in [9.17, 15) is 4.79 Å². The van der Waals surface area contributed by atoms with E-state index in [0.29, 0.717) is 4.88 Å². The summed E-state index contributed by atoms with van der Waals surface area (Å²) < 4.78 is 1.13. The Morgan fingerprint density at radius 2 is 2.46 bits per heavy atom. The number of rotatable bonds is 1. The summed E-state index contributed by atoms with van der Waals surface area (Å²) in [6, 6.07) is 1.76. The fourth-order valence-corrected chi connectivity index (χ4v) is 3.68.